The van der Waals surface area contributed by atoms with Crippen LogP contribution in [-0.2, 0) is 0 Å². The maximum absolute atomic E-state index is 5.85. The Hall–Kier alpha value is -0.480. The third kappa shape index (κ3) is 3.75. The third-order valence-corrected chi connectivity index (χ3v) is 4.37. The van der Waals surface area contributed by atoms with Gasteiger partial charge >= 0.3 is 0 Å². The zero-order valence-electron chi connectivity index (χ0n) is 10.2. The van der Waals surface area contributed by atoms with E-state index < -0.39 is 0 Å². The molecule has 94 valence electrons. The van der Waals surface area contributed by atoms with Gasteiger partial charge in [0.05, 0.1) is 0 Å². The smallest absolute Gasteiger partial charge is 0.224 e. The molecule has 1 aliphatic rings. The average Bonchev–Trinajstić information content (AvgIpc) is 2.64. The Balaban J connectivity index is 1.93. The molecule has 1 heterocycles. The summed E-state index contributed by atoms with van der Waals surface area (Å²) in [5.41, 5.74) is 0.907. The Morgan fingerprint density at radius 1 is 1.47 bits per heavy atom. The maximum Gasteiger partial charge on any atom is 0.224 e. The fourth-order valence-electron chi connectivity index (χ4n) is 2.27. The van der Waals surface area contributed by atoms with Crippen molar-refractivity contribution in [2.75, 3.05) is 11.1 Å². The van der Waals surface area contributed by atoms with Crippen molar-refractivity contribution in [2.24, 2.45) is 0 Å². The van der Waals surface area contributed by atoms with Crippen molar-refractivity contribution in [3.8, 4) is 0 Å². The van der Waals surface area contributed by atoms with E-state index in [1.165, 1.54) is 25.0 Å². The molecule has 2 unspecified atom stereocenters. The molecule has 0 amide bonds. The van der Waals surface area contributed by atoms with Crippen molar-refractivity contribution in [1.29, 1.82) is 0 Å². The van der Waals surface area contributed by atoms with Crippen LogP contribution in [0.15, 0.2) is 6.07 Å². The highest BCUT2D eigenvalue weighted by molar-refractivity contribution is 7.99. The van der Waals surface area contributed by atoms with Crippen molar-refractivity contribution in [1.82, 2.24) is 9.97 Å². The topological polar surface area (TPSA) is 37.8 Å². The number of nitrogens with one attached hydrogen (secondary N) is 1. The van der Waals surface area contributed by atoms with Gasteiger partial charge in [-0.05, 0) is 43.5 Å². The first kappa shape index (κ1) is 13.0. The molecule has 1 aromatic heterocycles. The van der Waals surface area contributed by atoms with Gasteiger partial charge in [-0.15, -0.1) is 0 Å². The number of thioether (sulfide) groups is 1. The zero-order chi connectivity index (χ0) is 12.3. The highest BCUT2D eigenvalue weighted by Gasteiger charge is 2.24. The summed E-state index contributed by atoms with van der Waals surface area (Å²) in [5, 5.41) is 4.59. The first-order chi connectivity index (χ1) is 8.17. The monoisotopic (exact) mass is 271 g/mol. The molecule has 2 atom stereocenters. The van der Waals surface area contributed by atoms with E-state index in [1.54, 1.807) is 0 Å². The van der Waals surface area contributed by atoms with Gasteiger partial charge in [0.15, 0.2) is 0 Å². The molecule has 0 saturated heterocycles. The van der Waals surface area contributed by atoms with Gasteiger partial charge in [0.1, 0.15) is 5.82 Å². The lowest BCUT2D eigenvalue weighted by molar-refractivity contribution is 0.750. The van der Waals surface area contributed by atoms with E-state index in [0.717, 1.165) is 16.8 Å². The number of aromatic nitrogens is 2. The van der Waals surface area contributed by atoms with Gasteiger partial charge in [-0.2, -0.15) is 11.8 Å². The fourth-order valence-corrected chi connectivity index (χ4v) is 3.64. The third-order valence-electron chi connectivity index (χ3n) is 2.97. The lowest BCUT2D eigenvalue weighted by Crippen LogP contribution is -2.17. The molecular formula is C12H18ClN3S. The Morgan fingerprint density at radius 3 is 3.00 bits per heavy atom. The minimum Gasteiger partial charge on any atom is -0.367 e. The Kier molecular flexibility index (Phi) is 4.51. The fraction of sp³-hybridized carbons (Fsp3) is 0.667. The highest BCUT2D eigenvalue weighted by Crippen LogP contribution is 2.31. The first-order valence-corrected chi connectivity index (χ1v) is 7.49. The zero-order valence-corrected chi connectivity index (χ0v) is 11.8. The number of anilines is 1. The normalized spacial score (nSPS) is 23.9. The van der Waals surface area contributed by atoms with Gasteiger partial charge in [-0.25, -0.2) is 9.97 Å². The molecule has 1 N–H and O–H groups in total. The van der Waals surface area contributed by atoms with Crippen molar-refractivity contribution in [2.45, 2.75) is 44.4 Å². The summed E-state index contributed by atoms with van der Waals surface area (Å²) >= 11 is 7.91. The van der Waals surface area contributed by atoms with Gasteiger partial charge in [0, 0.05) is 23.1 Å². The van der Waals surface area contributed by atoms with Crippen LogP contribution in [-0.4, -0.2) is 27.0 Å². The van der Waals surface area contributed by atoms with E-state index in [2.05, 4.69) is 34.0 Å². The van der Waals surface area contributed by atoms with E-state index >= 15 is 0 Å². The van der Waals surface area contributed by atoms with E-state index in [1.807, 2.05) is 13.0 Å². The number of rotatable bonds is 4. The average molecular weight is 272 g/mol. The predicted octanol–water partition coefficient (Wildman–Crippen LogP) is 3.52. The number of aryl methyl sites for hydroxylation is 1. The van der Waals surface area contributed by atoms with Gasteiger partial charge in [0.25, 0.3) is 0 Å². The molecule has 1 aromatic rings. The molecule has 2 rings (SSSR count). The van der Waals surface area contributed by atoms with Crippen molar-refractivity contribution < 1.29 is 0 Å². The predicted molar refractivity (Wildman–Crippen MR) is 75.0 cm³/mol. The van der Waals surface area contributed by atoms with Crippen LogP contribution >= 0.6 is 23.4 Å². The molecular weight excluding hydrogens is 254 g/mol. The van der Waals surface area contributed by atoms with Crippen LogP contribution in [0.4, 0.5) is 5.82 Å². The van der Waals surface area contributed by atoms with Crippen molar-refractivity contribution in [3.05, 3.63) is 17.0 Å². The van der Waals surface area contributed by atoms with E-state index in [4.69, 9.17) is 11.6 Å². The lowest BCUT2D eigenvalue weighted by Gasteiger charge is -2.14. The summed E-state index contributed by atoms with van der Waals surface area (Å²) in [7, 11) is 0. The SMILES string of the molecule is CCSC1CCC(Nc2cc(C)nc(Cl)n2)C1. The minimum atomic E-state index is 0.324. The van der Waals surface area contributed by atoms with Crippen LogP contribution in [0.3, 0.4) is 0 Å². The second kappa shape index (κ2) is 5.91. The number of halogens is 1. The molecule has 1 saturated carbocycles. The van der Waals surface area contributed by atoms with Crippen molar-refractivity contribution >= 4 is 29.2 Å². The van der Waals surface area contributed by atoms with Gasteiger partial charge in [0.2, 0.25) is 5.28 Å². The molecule has 0 radical (unpaired) electrons. The molecule has 0 aliphatic heterocycles. The van der Waals surface area contributed by atoms with Crippen LogP contribution in [0, 0.1) is 6.92 Å². The molecule has 1 fully saturated rings. The van der Waals surface area contributed by atoms with Gasteiger partial charge < -0.3 is 5.32 Å². The van der Waals surface area contributed by atoms with E-state index in [-0.39, 0.29) is 0 Å². The first-order valence-electron chi connectivity index (χ1n) is 6.06. The highest BCUT2D eigenvalue weighted by atomic mass is 35.5. The Bertz CT molecular complexity index is 366. The number of nitrogens with zero attached hydrogens (tertiary/aromatic N) is 2. The summed E-state index contributed by atoms with van der Waals surface area (Å²) in [6, 6.07) is 2.48. The molecule has 3 nitrogen and oxygen atoms in total. The summed E-state index contributed by atoms with van der Waals surface area (Å²) < 4.78 is 0. The largest absolute Gasteiger partial charge is 0.367 e. The second-order valence-corrected chi connectivity index (χ2v) is 6.31. The van der Waals surface area contributed by atoms with E-state index in [9.17, 15) is 0 Å². The standard InChI is InChI=1S/C12H18ClN3S/c1-3-17-10-5-4-9(7-10)15-11-6-8(2)14-12(13)16-11/h6,9-10H,3-5,7H2,1-2H3,(H,14,15,16). The quantitative estimate of drug-likeness (QED) is 0.851. The number of hydrogen-bond donors (Lipinski definition) is 1. The van der Waals surface area contributed by atoms with Crippen molar-refractivity contribution in [3.63, 3.8) is 0 Å². The van der Waals surface area contributed by atoms with E-state index in [0.29, 0.717) is 11.3 Å². The molecule has 5 heteroatoms. The van der Waals surface area contributed by atoms with Gasteiger partial charge in [-0.1, -0.05) is 6.92 Å². The van der Waals surface area contributed by atoms with Gasteiger partial charge in [-0.3, -0.25) is 0 Å². The Morgan fingerprint density at radius 2 is 2.29 bits per heavy atom. The lowest BCUT2D eigenvalue weighted by atomic mass is 10.2. The summed E-state index contributed by atoms with van der Waals surface area (Å²) in [4.78, 5) is 8.27. The molecule has 0 bridgehead atoms. The van der Waals surface area contributed by atoms with Crippen LogP contribution in [0.25, 0.3) is 0 Å². The molecule has 17 heavy (non-hydrogen) atoms. The Labute approximate surface area is 112 Å². The summed E-state index contributed by atoms with van der Waals surface area (Å²) in [5.74, 6) is 2.06. The molecule has 0 aromatic carbocycles. The summed E-state index contributed by atoms with van der Waals surface area (Å²) in [6.07, 6.45) is 3.74. The summed E-state index contributed by atoms with van der Waals surface area (Å²) in [6.45, 7) is 4.15. The van der Waals surface area contributed by atoms with Crippen LogP contribution in [0.2, 0.25) is 5.28 Å². The molecule has 1 aliphatic carbocycles. The second-order valence-electron chi connectivity index (χ2n) is 4.40. The van der Waals surface area contributed by atoms with Crippen LogP contribution < -0.4 is 5.32 Å². The maximum atomic E-state index is 5.85. The minimum absolute atomic E-state index is 0.324. The number of hydrogen-bond acceptors (Lipinski definition) is 4. The van der Waals surface area contributed by atoms with Crippen LogP contribution in [0.1, 0.15) is 31.9 Å². The van der Waals surface area contributed by atoms with Crippen LogP contribution in [0.5, 0.6) is 0 Å². The molecule has 0 spiro atoms.